The van der Waals surface area contributed by atoms with Crippen LogP contribution in [0.2, 0.25) is 0 Å². The Hall–Kier alpha value is -1.13. The van der Waals surface area contributed by atoms with Crippen molar-refractivity contribution in [2.24, 2.45) is 5.73 Å². The minimum absolute atomic E-state index is 0.158. The lowest BCUT2D eigenvalue weighted by Gasteiger charge is -2.20. The van der Waals surface area contributed by atoms with E-state index in [0.29, 0.717) is 17.3 Å². The van der Waals surface area contributed by atoms with Crippen LogP contribution in [0.15, 0.2) is 18.2 Å². The van der Waals surface area contributed by atoms with E-state index in [0.717, 1.165) is 11.1 Å². The lowest BCUT2D eigenvalue weighted by atomic mass is 10.1. The van der Waals surface area contributed by atoms with Crippen molar-refractivity contribution in [3.63, 3.8) is 0 Å². The molecule has 0 heterocycles. The molecule has 0 saturated carbocycles. The Bertz CT molecular complexity index is 410. The van der Waals surface area contributed by atoms with Crippen LogP contribution >= 0.6 is 12.2 Å². The van der Waals surface area contributed by atoms with Crippen molar-refractivity contribution in [2.75, 3.05) is 7.11 Å². The van der Waals surface area contributed by atoms with Crippen LogP contribution < -0.4 is 10.5 Å². The first-order chi connectivity index (χ1) is 7.83. The summed E-state index contributed by atoms with van der Waals surface area (Å²) in [4.78, 5) is 0.338. The van der Waals surface area contributed by atoms with Gasteiger partial charge in [0.1, 0.15) is 10.7 Å². The maximum atomic E-state index is 5.70. The van der Waals surface area contributed by atoms with E-state index in [4.69, 9.17) is 27.4 Å². The summed E-state index contributed by atoms with van der Waals surface area (Å²) < 4.78 is 11.0. The summed E-state index contributed by atoms with van der Waals surface area (Å²) in [5, 5.41) is 0. The molecule has 2 N–H and O–H groups in total. The highest BCUT2D eigenvalue weighted by Gasteiger charge is 2.12. The molecule has 0 unspecified atom stereocenters. The van der Waals surface area contributed by atoms with Crippen LogP contribution in [0.5, 0.6) is 5.75 Å². The number of benzene rings is 1. The van der Waals surface area contributed by atoms with Crippen LogP contribution in [0.1, 0.15) is 31.9 Å². The van der Waals surface area contributed by atoms with Gasteiger partial charge in [0, 0.05) is 0 Å². The van der Waals surface area contributed by atoms with Crippen molar-refractivity contribution in [1.82, 2.24) is 0 Å². The monoisotopic (exact) mass is 253 g/mol. The van der Waals surface area contributed by atoms with Crippen molar-refractivity contribution in [3.05, 3.63) is 29.3 Å². The summed E-state index contributed by atoms with van der Waals surface area (Å²) in [6.07, 6.45) is 0. The predicted molar refractivity (Wildman–Crippen MR) is 73.4 cm³/mol. The topological polar surface area (TPSA) is 44.5 Å². The predicted octanol–water partition coefficient (Wildman–Crippen LogP) is 2.64. The second-order valence-corrected chi connectivity index (χ2v) is 5.24. The molecule has 0 bridgehead atoms. The number of hydrogen-bond donors (Lipinski definition) is 1. The van der Waals surface area contributed by atoms with Crippen molar-refractivity contribution < 1.29 is 9.47 Å². The van der Waals surface area contributed by atoms with E-state index in [-0.39, 0.29) is 5.60 Å². The average molecular weight is 253 g/mol. The van der Waals surface area contributed by atoms with Crippen molar-refractivity contribution in [2.45, 2.75) is 33.0 Å². The first-order valence-electron chi connectivity index (χ1n) is 5.44. The van der Waals surface area contributed by atoms with Gasteiger partial charge in [0.25, 0.3) is 0 Å². The Morgan fingerprint density at radius 1 is 1.35 bits per heavy atom. The van der Waals surface area contributed by atoms with Gasteiger partial charge >= 0.3 is 0 Å². The van der Waals surface area contributed by atoms with Crippen molar-refractivity contribution >= 4 is 17.2 Å². The minimum Gasteiger partial charge on any atom is -0.496 e. The smallest absolute Gasteiger partial charge is 0.129 e. The summed E-state index contributed by atoms with van der Waals surface area (Å²) in [5.74, 6) is 0.688. The maximum absolute atomic E-state index is 5.70. The van der Waals surface area contributed by atoms with Gasteiger partial charge in [-0.3, -0.25) is 0 Å². The standard InChI is InChI=1S/C13H19NO2S/c1-13(2,3)16-8-9-5-6-10(12(14)17)11(7-9)15-4/h5-7H,8H2,1-4H3,(H2,14,17). The molecule has 4 heteroatoms. The Labute approximate surface area is 108 Å². The van der Waals surface area contributed by atoms with Crippen LogP contribution in [-0.2, 0) is 11.3 Å². The number of thiocarbonyl (C=S) groups is 1. The van der Waals surface area contributed by atoms with E-state index in [1.165, 1.54) is 0 Å². The van der Waals surface area contributed by atoms with E-state index in [2.05, 4.69) is 0 Å². The van der Waals surface area contributed by atoms with Crippen LogP contribution in [0.3, 0.4) is 0 Å². The van der Waals surface area contributed by atoms with Gasteiger partial charge in [-0.1, -0.05) is 18.3 Å². The molecular weight excluding hydrogens is 234 g/mol. The Morgan fingerprint density at radius 2 is 2.00 bits per heavy atom. The average Bonchev–Trinajstić information content (AvgIpc) is 2.24. The van der Waals surface area contributed by atoms with Crippen LogP contribution in [0, 0.1) is 0 Å². The van der Waals surface area contributed by atoms with E-state index >= 15 is 0 Å². The number of hydrogen-bond acceptors (Lipinski definition) is 3. The molecule has 0 saturated heterocycles. The highest BCUT2D eigenvalue weighted by molar-refractivity contribution is 7.80. The highest BCUT2D eigenvalue weighted by Crippen LogP contribution is 2.21. The van der Waals surface area contributed by atoms with Crippen LogP contribution in [0.25, 0.3) is 0 Å². The van der Waals surface area contributed by atoms with Gasteiger partial charge in [0.2, 0.25) is 0 Å². The third kappa shape index (κ3) is 4.32. The van der Waals surface area contributed by atoms with Crippen molar-refractivity contribution in [3.8, 4) is 5.75 Å². The highest BCUT2D eigenvalue weighted by atomic mass is 32.1. The second-order valence-electron chi connectivity index (χ2n) is 4.80. The molecule has 3 nitrogen and oxygen atoms in total. The lowest BCUT2D eigenvalue weighted by molar-refractivity contribution is -0.0150. The fraction of sp³-hybridized carbons (Fsp3) is 0.462. The molecule has 0 atom stereocenters. The molecule has 94 valence electrons. The molecule has 1 aromatic rings. The number of ether oxygens (including phenoxy) is 2. The fourth-order valence-electron chi connectivity index (χ4n) is 1.33. The van der Waals surface area contributed by atoms with E-state index < -0.39 is 0 Å². The first kappa shape index (κ1) is 13.9. The number of rotatable bonds is 4. The number of nitrogens with two attached hydrogens (primary N) is 1. The van der Waals surface area contributed by atoms with Crippen LogP contribution in [0.4, 0.5) is 0 Å². The third-order valence-corrected chi connectivity index (χ3v) is 2.42. The second kappa shape index (κ2) is 5.47. The lowest BCUT2D eigenvalue weighted by Crippen LogP contribution is -2.18. The zero-order valence-electron chi connectivity index (χ0n) is 10.7. The molecule has 0 aromatic heterocycles. The Kier molecular flexibility index (Phi) is 4.48. The van der Waals surface area contributed by atoms with Gasteiger partial charge in [-0.05, 0) is 38.5 Å². The molecule has 0 radical (unpaired) electrons. The molecule has 0 spiro atoms. The van der Waals surface area contributed by atoms with Crippen molar-refractivity contribution in [1.29, 1.82) is 0 Å². The van der Waals surface area contributed by atoms with E-state index in [9.17, 15) is 0 Å². The molecule has 0 fully saturated rings. The summed E-state index contributed by atoms with van der Waals surface area (Å²) in [5.41, 5.74) is 7.24. The normalized spacial score (nSPS) is 11.3. The zero-order chi connectivity index (χ0) is 13.1. The molecule has 1 rings (SSSR count). The Morgan fingerprint density at radius 3 is 2.47 bits per heavy atom. The maximum Gasteiger partial charge on any atom is 0.129 e. The molecule has 0 aliphatic rings. The SMILES string of the molecule is COc1cc(COC(C)(C)C)ccc1C(N)=S. The minimum atomic E-state index is -0.158. The molecule has 0 amide bonds. The summed E-state index contributed by atoms with van der Waals surface area (Å²) in [6.45, 7) is 6.60. The molecule has 0 aliphatic carbocycles. The van der Waals surface area contributed by atoms with Gasteiger partial charge in [-0.15, -0.1) is 0 Å². The van der Waals surface area contributed by atoms with Gasteiger partial charge in [-0.25, -0.2) is 0 Å². The molecule has 1 aromatic carbocycles. The van der Waals surface area contributed by atoms with E-state index in [1.54, 1.807) is 7.11 Å². The fourth-order valence-corrected chi connectivity index (χ4v) is 1.50. The van der Waals surface area contributed by atoms with E-state index in [1.807, 2.05) is 39.0 Å². The molecular formula is C13H19NO2S. The summed E-state index contributed by atoms with van der Waals surface area (Å²) in [7, 11) is 1.60. The quantitative estimate of drug-likeness (QED) is 0.838. The van der Waals surface area contributed by atoms with Gasteiger partial charge < -0.3 is 15.2 Å². The van der Waals surface area contributed by atoms with Crippen LogP contribution in [-0.4, -0.2) is 17.7 Å². The molecule has 17 heavy (non-hydrogen) atoms. The molecule has 0 aliphatic heterocycles. The van der Waals surface area contributed by atoms with Gasteiger partial charge in [-0.2, -0.15) is 0 Å². The Balaban J connectivity index is 2.87. The van der Waals surface area contributed by atoms with Gasteiger partial charge in [0.05, 0.1) is 24.9 Å². The third-order valence-electron chi connectivity index (χ3n) is 2.20. The summed E-state index contributed by atoms with van der Waals surface area (Å²) >= 11 is 4.95. The number of methoxy groups -OCH3 is 1. The largest absolute Gasteiger partial charge is 0.496 e. The summed E-state index contributed by atoms with van der Waals surface area (Å²) in [6, 6.07) is 5.71. The zero-order valence-corrected chi connectivity index (χ0v) is 11.6. The first-order valence-corrected chi connectivity index (χ1v) is 5.85. The van der Waals surface area contributed by atoms with Gasteiger partial charge in [0.15, 0.2) is 0 Å².